The highest BCUT2D eigenvalue weighted by Crippen LogP contribution is 2.45. The van der Waals surface area contributed by atoms with Crippen LogP contribution in [0.1, 0.15) is 107 Å². The van der Waals surface area contributed by atoms with Crippen molar-refractivity contribution in [1.82, 2.24) is 19.2 Å². The molecule has 8 nitrogen and oxygen atoms in total. The zero-order valence-corrected chi connectivity index (χ0v) is 31.3. The summed E-state index contributed by atoms with van der Waals surface area (Å²) in [6, 6.07) is 18.2. The second-order valence-corrected chi connectivity index (χ2v) is 20.8. The lowest BCUT2D eigenvalue weighted by atomic mass is 9.70. The van der Waals surface area contributed by atoms with E-state index < -0.39 is 8.32 Å². The number of ether oxygens (including phenoxy) is 1. The van der Waals surface area contributed by atoms with E-state index in [4.69, 9.17) is 9.16 Å². The van der Waals surface area contributed by atoms with Crippen molar-refractivity contribution in [3.05, 3.63) is 87.6 Å². The molecule has 2 heterocycles. The van der Waals surface area contributed by atoms with Gasteiger partial charge in [-0.25, -0.2) is 4.52 Å². The number of aryl methyl sites for hydroxylation is 1. The largest absolute Gasteiger partial charge is 0.416 e. The van der Waals surface area contributed by atoms with Gasteiger partial charge in [-0.3, -0.25) is 9.36 Å². The number of fused-ring (bicyclic) bond motifs is 1. The van der Waals surface area contributed by atoms with E-state index in [1.165, 1.54) is 19.3 Å². The fourth-order valence-electron chi connectivity index (χ4n) is 7.24. The van der Waals surface area contributed by atoms with E-state index in [9.17, 15) is 10.1 Å². The molecule has 0 unspecified atom stereocenters. The molecule has 6 rings (SSSR count). The maximum absolute atomic E-state index is 14.5. The average molecular weight is 680 g/mol. The van der Waals surface area contributed by atoms with Crippen LogP contribution in [0.15, 0.2) is 59.7 Å². The van der Waals surface area contributed by atoms with Crippen LogP contribution < -0.4 is 5.56 Å². The Morgan fingerprint density at radius 2 is 1.73 bits per heavy atom. The van der Waals surface area contributed by atoms with Gasteiger partial charge in [-0.2, -0.15) is 15.3 Å². The van der Waals surface area contributed by atoms with Crippen LogP contribution in [-0.2, 0) is 22.0 Å². The Hall–Kier alpha value is -3.58. The first-order valence-corrected chi connectivity index (χ1v) is 21.2. The van der Waals surface area contributed by atoms with Gasteiger partial charge in [0.25, 0.3) is 5.56 Å². The molecular formula is C40H53N5O3Si. The van der Waals surface area contributed by atoms with Crippen LogP contribution in [0.2, 0.25) is 18.1 Å². The van der Waals surface area contributed by atoms with Crippen molar-refractivity contribution in [3.8, 4) is 17.2 Å². The Labute approximate surface area is 292 Å². The maximum Gasteiger partial charge on any atom is 0.259 e. The second kappa shape index (κ2) is 14.3. The molecule has 0 bridgehead atoms. The zero-order valence-electron chi connectivity index (χ0n) is 30.3. The maximum atomic E-state index is 14.5. The van der Waals surface area contributed by atoms with Gasteiger partial charge < -0.3 is 9.16 Å². The van der Waals surface area contributed by atoms with Crippen molar-refractivity contribution in [2.75, 3.05) is 13.2 Å². The summed E-state index contributed by atoms with van der Waals surface area (Å²) in [6.07, 6.45) is 11.2. The topological polar surface area (TPSA) is 94.4 Å². The summed E-state index contributed by atoms with van der Waals surface area (Å²) in [5.74, 6) is 0.640. The molecule has 2 aliphatic carbocycles. The van der Waals surface area contributed by atoms with Gasteiger partial charge >= 0.3 is 0 Å². The van der Waals surface area contributed by atoms with Crippen molar-refractivity contribution < 1.29 is 9.16 Å². The molecule has 0 radical (unpaired) electrons. The van der Waals surface area contributed by atoms with E-state index >= 15 is 0 Å². The molecule has 0 amide bonds. The minimum atomic E-state index is -1.81. The number of rotatable bonds is 12. The first-order valence-electron chi connectivity index (χ1n) is 18.3. The molecule has 49 heavy (non-hydrogen) atoms. The predicted molar refractivity (Wildman–Crippen MR) is 197 cm³/mol. The SMILES string of the molecule is CCCc1c(Cc2ccc(-c3ccccc3C#N)cc2)c(=O)n([C@H]2CC[C@H](OCC3(CO[Si](C)(C)C(C)(C)C)CCC3)CC2)c2ncnn12. The van der Waals surface area contributed by atoms with Crippen molar-refractivity contribution in [1.29, 1.82) is 5.26 Å². The number of benzene rings is 2. The normalized spacial score (nSPS) is 19.4. The highest BCUT2D eigenvalue weighted by molar-refractivity contribution is 6.74. The number of aromatic nitrogens is 4. The molecule has 2 saturated carbocycles. The quantitative estimate of drug-likeness (QED) is 0.139. The summed E-state index contributed by atoms with van der Waals surface area (Å²) >= 11 is 0. The summed E-state index contributed by atoms with van der Waals surface area (Å²) in [4.78, 5) is 19.1. The Balaban J connectivity index is 1.18. The van der Waals surface area contributed by atoms with E-state index in [-0.39, 0.29) is 28.2 Å². The summed E-state index contributed by atoms with van der Waals surface area (Å²) in [6.45, 7) is 15.3. The molecule has 0 spiro atoms. The molecule has 4 aromatic rings. The van der Waals surface area contributed by atoms with Crippen LogP contribution in [0.5, 0.6) is 0 Å². The van der Waals surface area contributed by atoms with E-state index in [0.717, 1.165) is 79.7 Å². The van der Waals surface area contributed by atoms with Gasteiger partial charge in [-0.05, 0) is 85.8 Å². The molecule has 2 fully saturated rings. The summed E-state index contributed by atoms with van der Waals surface area (Å²) in [5.41, 5.74) is 5.54. The van der Waals surface area contributed by atoms with Crippen molar-refractivity contribution in [2.45, 2.75) is 122 Å². The van der Waals surface area contributed by atoms with Crippen LogP contribution in [0.4, 0.5) is 0 Å². The number of nitriles is 1. The smallest absolute Gasteiger partial charge is 0.259 e. The number of hydrogen-bond acceptors (Lipinski definition) is 6. The summed E-state index contributed by atoms with van der Waals surface area (Å²) < 4.78 is 17.1. The highest BCUT2D eigenvalue weighted by Gasteiger charge is 2.43. The molecule has 2 aromatic carbocycles. The first-order chi connectivity index (χ1) is 23.4. The van der Waals surface area contributed by atoms with Gasteiger partial charge in [0.05, 0.1) is 30.0 Å². The molecule has 0 atom stereocenters. The van der Waals surface area contributed by atoms with E-state index in [0.29, 0.717) is 17.8 Å². The van der Waals surface area contributed by atoms with E-state index in [1.807, 2.05) is 45.5 Å². The molecule has 2 aromatic heterocycles. The third kappa shape index (κ3) is 7.33. The highest BCUT2D eigenvalue weighted by atomic mass is 28.4. The van der Waals surface area contributed by atoms with Gasteiger partial charge in [-0.15, -0.1) is 0 Å². The molecule has 9 heteroatoms. The molecule has 0 N–H and O–H groups in total. The van der Waals surface area contributed by atoms with Crippen molar-refractivity contribution in [3.63, 3.8) is 0 Å². The van der Waals surface area contributed by atoms with E-state index in [2.05, 4.69) is 69.1 Å². The fraction of sp³-hybridized carbons (Fsp3) is 0.550. The lowest BCUT2D eigenvalue weighted by molar-refractivity contribution is -0.0784. The third-order valence-corrected chi connectivity index (χ3v) is 16.1. The standard InChI is InChI=1S/C40H53N5O3Si/c1-7-11-36-35(24-29-14-16-30(17-15-29)34-13-9-8-12-31(34)25-41)37(46)44(38-42-28-43-45(36)38)32-18-20-33(21-19-32)47-26-40(22-10-23-40)27-48-49(5,6)39(2,3)4/h8-9,12-17,28,32-33H,7,10-11,18-24,26-27H2,1-6H3/t32-,33-. The first kappa shape index (κ1) is 35.3. The predicted octanol–water partition coefficient (Wildman–Crippen LogP) is 8.67. The summed E-state index contributed by atoms with van der Waals surface area (Å²) in [5, 5.41) is 14.4. The van der Waals surface area contributed by atoms with Crippen LogP contribution >= 0.6 is 0 Å². The van der Waals surface area contributed by atoms with Crippen molar-refractivity contribution in [2.24, 2.45) is 5.41 Å². The van der Waals surface area contributed by atoms with Gasteiger partial charge in [-0.1, -0.05) is 83.0 Å². The van der Waals surface area contributed by atoms with Crippen LogP contribution in [-0.4, -0.2) is 46.8 Å². The van der Waals surface area contributed by atoms with Gasteiger partial charge in [0.15, 0.2) is 8.32 Å². The Kier molecular flexibility index (Phi) is 10.3. The number of hydrogen-bond donors (Lipinski definition) is 0. The monoisotopic (exact) mass is 679 g/mol. The lowest BCUT2D eigenvalue weighted by Gasteiger charge is -2.46. The van der Waals surface area contributed by atoms with E-state index in [1.54, 1.807) is 6.33 Å². The van der Waals surface area contributed by atoms with Crippen LogP contribution in [0.3, 0.4) is 0 Å². The minimum absolute atomic E-state index is 0.0448. The second-order valence-electron chi connectivity index (χ2n) is 16.0. The van der Waals surface area contributed by atoms with Crippen molar-refractivity contribution >= 4 is 14.1 Å². The Morgan fingerprint density at radius 1 is 1.02 bits per heavy atom. The Morgan fingerprint density at radius 3 is 2.37 bits per heavy atom. The molecular weight excluding hydrogens is 627 g/mol. The summed E-state index contributed by atoms with van der Waals surface area (Å²) in [7, 11) is -1.81. The van der Waals surface area contributed by atoms with Crippen LogP contribution in [0.25, 0.3) is 16.9 Å². The fourth-order valence-corrected chi connectivity index (χ4v) is 8.34. The molecule has 0 aliphatic heterocycles. The molecule has 0 saturated heterocycles. The molecule has 260 valence electrons. The van der Waals surface area contributed by atoms with Gasteiger partial charge in [0, 0.05) is 30.0 Å². The number of nitrogens with zero attached hydrogens (tertiary/aromatic N) is 5. The van der Waals surface area contributed by atoms with Gasteiger partial charge in [0.1, 0.15) is 6.33 Å². The molecule has 2 aliphatic rings. The van der Waals surface area contributed by atoms with Gasteiger partial charge in [0.2, 0.25) is 5.78 Å². The lowest BCUT2D eigenvalue weighted by Crippen LogP contribution is -2.47. The van der Waals surface area contributed by atoms with Crippen LogP contribution in [0, 0.1) is 16.7 Å². The minimum Gasteiger partial charge on any atom is -0.416 e. The Bertz CT molecular complexity index is 1850. The zero-order chi connectivity index (χ0) is 34.8. The average Bonchev–Trinajstić information content (AvgIpc) is 3.55. The third-order valence-electron chi connectivity index (χ3n) is 11.6.